The summed E-state index contributed by atoms with van der Waals surface area (Å²) in [7, 11) is -1.86. The highest BCUT2D eigenvalue weighted by molar-refractivity contribution is 6.81. The molecule has 0 nitrogen and oxygen atoms in total. The zero-order valence-corrected chi connectivity index (χ0v) is 18.0. The van der Waals surface area contributed by atoms with Crippen LogP contribution in [0.25, 0.3) is 21.9 Å². The van der Waals surface area contributed by atoms with Crippen molar-refractivity contribution in [3.63, 3.8) is 0 Å². The number of hydrogen-bond acceptors (Lipinski definition) is 0. The summed E-state index contributed by atoms with van der Waals surface area (Å²) in [5.41, 5.74) is 6.21. The van der Waals surface area contributed by atoms with E-state index in [4.69, 9.17) is 0 Å². The summed E-state index contributed by atoms with van der Waals surface area (Å²) >= 11 is 0. The Morgan fingerprint density at radius 3 is 2.20 bits per heavy atom. The zero-order chi connectivity index (χ0) is 17.8. The summed E-state index contributed by atoms with van der Waals surface area (Å²) in [6.07, 6.45) is 0. The van der Waals surface area contributed by atoms with Crippen molar-refractivity contribution in [2.75, 3.05) is 0 Å². The molecule has 0 fully saturated rings. The van der Waals surface area contributed by atoms with Gasteiger partial charge in [0.1, 0.15) is 0 Å². The molecule has 3 aromatic rings. The monoisotopic (exact) mass is 359 g/mol. The van der Waals surface area contributed by atoms with Crippen molar-refractivity contribution >= 4 is 27.6 Å². The molecule has 1 atom stereocenters. The fourth-order valence-electron chi connectivity index (χ4n) is 4.93. The Morgan fingerprint density at radius 1 is 0.800 bits per heavy atom. The Labute approximate surface area is 154 Å². The van der Waals surface area contributed by atoms with Crippen LogP contribution in [0.4, 0.5) is 0 Å². The van der Waals surface area contributed by atoms with E-state index in [0.717, 1.165) is 0 Å². The maximum atomic E-state index is 2.57. The lowest BCUT2D eigenvalue weighted by atomic mass is 9.95. The minimum absolute atomic E-state index is 0.251. The third kappa shape index (κ3) is 2.31. The van der Waals surface area contributed by atoms with E-state index < -0.39 is 8.07 Å². The first-order valence-electron chi connectivity index (χ1n) is 9.27. The van der Waals surface area contributed by atoms with E-state index in [9.17, 15) is 0 Å². The van der Waals surface area contributed by atoms with Crippen LogP contribution in [0, 0.1) is 0 Å². The minimum atomic E-state index is -1.50. The Hall–Kier alpha value is -1.65. The van der Waals surface area contributed by atoms with Crippen LogP contribution in [-0.4, -0.2) is 16.9 Å². The number of rotatable bonds is 3. The number of hydrogen-bond donors (Lipinski definition) is 0. The van der Waals surface area contributed by atoms with E-state index in [-0.39, 0.29) is 13.8 Å². The summed E-state index contributed by atoms with van der Waals surface area (Å²) in [6.45, 7) is 12.7. The maximum absolute atomic E-state index is 2.57. The molecule has 0 heterocycles. The molecule has 0 saturated heterocycles. The first-order chi connectivity index (χ1) is 11.9. The summed E-state index contributed by atoms with van der Waals surface area (Å²) in [4.78, 5) is 0. The van der Waals surface area contributed by atoms with Crippen LogP contribution < -0.4 is 0 Å². The normalized spacial score (nSPS) is 19.3. The van der Waals surface area contributed by atoms with Gasteiger partial charge in [-0.15, -0.1) is 0 Å². The quantitative estimate of drug-likeness (QED) is 0.454. The highest BCUT2D eigenvalue weighted by Crippen LogP contribution is 2.57. The standard InChI is InChI=1S/C23H27Si2/c1-24(2)16-23(25(3,4)5)20-13-9-8-12-19(20)22-18-11-7-6-10-17(18)14-15-21(22)23/h6-15H,16H2,1-5H3. The summed E-state index contributed by atoms with van der Waals surface area (Å²) in [6, 6.07) is 24.3. The lowest BCUT2D eigenvalue weighted by molar-refractivity contribution is 0.788. The van der Waals surface area contributed by atoms with Crippen LogP contribution >= 0.6 is 0 Å². The van der Waals surface area contributed by atoms with E-state index in [1.54, 1.807) is 11.1 Å². The van der Waals surface area contributed by atoms with Crippen molar-refractivity contribution < 1.29 is 0 Å². The number of benzene rings is 3. The maximum Gasteiger partial charge on any atom is 0.0609 e. The van der Waals surface area contributed by atoms with Gasteiger partial charge in [-0.2, -0.15) is 0 Å². The molecule has 0 aromatic heterocycles. The van der Waals surface area contributed by atoms with Gasteiger partial charge in [0.25, 0.3) is 0 Å². The molecule has 1 aliphatic rings. The third-order valence-corrected chi connectivity index (χ3v) is 10.8. The van der Waals surface area contributed by atoms with Gasteiger partial charge in [-0.05, 0) is 39.1 Å². The van der Waals surface area contributed by atoms with E-state index in [1.807, 2.05) is 0 Å². The summed E-state index contributed by atoms with van der Waals surface area (Å²) < 4.78 is 0. The zero-order valence-electron chi connectivity index (χ0n) is 16.0. The molecule has 25 heavy (non-hydrogen) atoms. The second kappa shape index (κ2) is 5.68. The highest BCUT2D eigenvalue weighted by Gasteiger charge is 2.52. The minimum Gasteiger partial charge on any atom is -0.0712 e. The highest BCUT2D eigenvalue weighted by atomic mass is 28.3. The molecule has 127 valence electrons. The molecule has 0 saturated carbocycles. The van der Waals surface area contributed by atoms with Crippen LogP contribution in [-0.2, 0) is 5.04 Å². The van der Waals surface area contributed by atoms with Crippen LogP contribution in [0.3, 0.4) is 0 Å². The molecule has 0 N–H and O–H groups in total. The lowest BCUT2D eigenvalue weighted by Crippen LogP contribution is -2.50. The third-order valence-electron chi connectivity index (χ3n) is 5.94. The van der Waals surface area contributed by atoms with Crippen molar-refractivity contribution in [2.45, 2.75) is 43.8 Å². The average molecular weight is 360 g/mol. The average Bonchev–Trinajstić information content (AvgIpc) is 2.86. The second-order valence-corrected chi connectivity index (χ2v) is 16.9. The predicted octanol–water partition coefficient (Wildman–Crippen LogP) is 6.74. The van der Waals surface area contributed by atoms with E-state index >= 15 is 0 Å². The van der Waals surface area contributed by atoms with Gasteiger partial charge in [0.15, 0.2) is 0 Å². The molecule has 1 unspecified atom stereocenters. The van der Waals surface area contributed by atoms with Crippen LogP contribution in [0.1, 0.15) is 11.1 Å². The van der Waals surface area contributed by atoms with E-state index in [1.165, 1.54) is 27.9 Å². The van der Waals surface area contributed by atoms with Gasteiger partial charge in [0.2, 0.25) is 0 Å². The molecule has 1 radical (unpaired) electrons. The molecule has 2 heteroatoms. The summed E-state index contributed by atoms with van der Waals surface area (Å²) in [5.74, 6) is 0. The Morgan fingerprint density at radius 2 is 1.48 bits per heavy atom. The van der Waals surface area contributed by atoms with E-state index in [0.29, 0.717) is 0 Å². The van der Waals surface area contributed by atoms with Gasteiger partial charge in [-0.3, -0.25) is 0 Å². The molecular formula is C23H27Si2. The van der Waals surface area contributed by atoms with Gasteiger partial charge >= 0.3 is 0 Å². The molecular weight excluding hydrogens is 332 g/mol. The SMILES string of the molecule is C[Si](C)CC1([Si](C)(C)C)c2ccccc2-c2c1ccc1ccccc21. The fraction of sp³-hybridized carbons (Fsp3) is 0.304. The van der Waals surface area contributed by atoms with Gasteiger partial charge < -0.3 is 0 Å². The lowest BCUT2D eigenvalue weighted by Gasteiger charge is -2.44. The molecule has 1 aliphatic carbocycles. The first-order valence-corrected chi connectivity index (χ1v) is 15.5. The number of fused-ring (bicyclic) bond motifs is 5. The molecule has 3 aromatic carbocycles. The van der Waals surface area contributed by atoms with Crippen molar-refractivity contribution in [1.82, 2.24) is 0 Å². The summed E-state index contributed by atoms with van der Waals surface area (Å²) in [5, 5.41) is 3.04. The van der Waals surface area contributed by atoms with Crippen molar-refractivity contribution in [3.8, 4) is 11.1 Å². The largest absolute Gasteiger partial charge is 0.0712 e. The molecule has 0 spiro atoms. The fourth-order valence-corrected chi connectivity index (χ4v) is 11.6. The van der Waals surface area contributed by atoms with Gasteiger partial charge in [-0.25, -0.2) is 0 Å². The Balaban J connectivity index is 2.18. The van der Waals surface area contributed by atoms with Gasteiger partial charge in [0, 0.05) is 13.8 Å². The van der Waals surface area contributed by atoms with Crippen molar-refractivity contribution in [3.05, 3.63) is 71.8 Å². The molecule has 4 rings (SSSR count). The van der Waals surface area contributed by atoms with Crippen LogP contribution in [0.15, 0.2) is 60.7 Å². The van der Waals surface area contributed by atoms with Gasteiger partial charge in [-0.1, -0.05) is 93.4 Å². The molecule has 0 amide bonds. The van der Waals surface area contributed by atoms with Crippen LogP contribution in [0.2, 0.25) is 38.8 Å². The van der Waals surface area contributed by atoms with Crippen molar-refractivity contribution in [1.29, 1.82) is 0 Å². The Kier molecular flexibility index (Phi) is 3.82. The first kappa shape index (κ1) is 16.8. The second-order valence-electron chi connectivity index (χ2n) is 8.79. The Bertz CT molecular complexity index is 950. The molecule has 0 aliphatic heterocycles. The smallest absolute Gasteiger partial charge is 0.0609 e. The topological polar surface area (TPSA) is 0 Å². The molecule has 0 bridgehead atoms. The van der Waals surface area contributed by atoms with Crippen molar-refractivity contribution in [2.24, 2.45) is 0 Å². The predicted molar refractivity (Wildman–Crippen MR) is 116 cm³/mol. The van der Waals surface area contributed by atoms with Gasteiger partial charge in [0.05, 0.1) is 8.07 Å². The van der Waals surface area contributed by atoms with Crippen LogP contribution in [0.5, 0.6) is 0 Å². The van der Waals surface area contributed by atoms with E-state index in [2.05, 4.69) is 93.4 Å².